The number of anilines is 1. The Bertz CT molecular complexity index is 1030. The number of fused-ring (bicyclic) bond motifs is 1. The summed E-state index contributed by atoms with van der Waals surface area (Å²) in [7, 11) is 0. The fourth-order valence-corrected chi connectivity index (χ4v) is 3.89. The van der Waals surface area contributed by atoms with Gasteiger partial charge < -0.3 is 0 Å². The average Bonchev–Trinajstić information content (AvgIpc) is 3.22. The molecule has 0 aliphatic carbocycles. The molecule has 0 radical (unpaired) electrons. The van der Waals surface area contributed by atoms with Crippen LogP contribution in [0, 0.1) is 0 Å². The molecule has 3 heterocycles. The highest BCUT2D eigenvalue weighted by molar-refractivity contribution is 7.22. The highest BCUT2D eigenvalue weighted by Gasteiger charge is 2.15. The van der Waals surface area contributed by atoms with Crippen molar-refractivity contribution in [2.75, 3.05) is 5.32 Å². The van der Waals surface area contributed by atoms with Gasteiger partial charge >= 0.3 is 0 Å². The van der Waals surface area contributed by atoms with E-state index in [0.717, 1.165) is 10.2 Å². The second-order valence-electron chi connectivity index (χ2n) is 4.70. The molecule has 0 atom stereocenters. The molecule has 0 fully saturated rings. The van der Waals surface area contributed by atoms with E-state index in [-0.39, 0.29) is 5.91 Å². The van der Waals surface area contributed by atoms with Crippen molar-refractivity contribution in [2.24, 2.45) is 0 Å². The Hall–Kier alpha value is -2.42. The van der Waals surface area contributed by atoms with Crippen LogP contribution in [0.5, 0.6) is 0 Å². The van der Waals surface area contributed by atoms with Crippen LogP contribution >= 0.6 is 34.3 Å². The van der Waals surface area contributed by atoms with E-state index in [2.05, 4.69) is 25.3 Å². The summed E-state index contributed by atoms with van der Waals surface area (Å²) in [5, 5.41) is 6.16. The summed E-state index contributed by atoms with van der Waals surface area (Å²) in [6, 6.07) is 7.13. The molecular weight excluding hydrogens is 366 g/mol. The van der Waals surface area contributed by atoms with Gasteiger partial charge in [-0.15, -0.1) is 11.3 Å². The predicted octanol–water partition coefficient (Wildman–Crippen LogP) is 4.12. The van der Waals surface area contributed by atoms with Crippen molar-refractivity contribution in [3.8, 4) is 10.8 Å². The topological polar surface area (TPSA) is 80.7 Å². The quantitative estimate of drug-likeness (QED) is 0.584. The van der Waals surface area contributed by atoms with E-state index < -0.39 is 0 Å². The van der Waals surface area contributed by atoms with E-state index >= 15 is 0 Å². The molecule has 6 nitrogen and oxygen atoms in total. The lowest BCUT2D eigenvalue weighted by Crippen LogP contribution is -2.12. The summed E-state index contributed by atoms with van der Waals surface area (Å²) in [5.74, 6) is 0.176. The molecule has 0 unspecified atom stereocenters. The van der Waals surface area contributed by atoms with Crippen LogP contribution in [0.15, 0.2) is 42.0 Å². The number of carbonyl (C=O) groups is 1. The average molecular weight is 374 g/mol. The van der Waals surface area contributed by atoms with Crippen molar-refractivity contribution in [1.82, 2.24) is 19.9 Å². The molecule has 24 heavy (non-hydrogen) atoms. The predicted molar refractivity (Wildman–Crippen MR) is 95.7 cm³/mol. The molecule has 0 aliphatic heterocycles. The number of nitrogens with one attached hydrogen (secondary N) is 1. The van der Waals surface area contributed by atoms with Gasteiger partial charge in [0.2, 0.25) is 0 Å². The van der Waals surface area contributed by atoms with E-state index in [0.29, 0.717) is 26.7 Å². The number of hydrogen-bond acceptors (Lipinski definition) is 7. The molecule has 0 spiro atoms. The van der Waals surface area contributed by atoms with E-state index in [1.165, 1.54) is 22.7 Å². The number of carbonyl (C=O) groups excluding carboxylic acids is 1. The lowest BCUT2D eigenvalue weighted by atomic mass is 10.3. The standard InChI is InChI=1S/C15H8ClN5OS2/c16-8-2-3-9-11(6-8)24-15(20-9)21-13(22)10-7-23-14(19-10)12-17-4-1-5-18-12/h1-7H,(H,20,21,22). The Morgan fingerprint density at radius 1 is 1.17 bits per heavy atom. The molecule has 4 rings (SSSR count). The molecular formula is C15H8ClN5OS2. The fraction of sp³-hybridized carbons (Fsp3) is 0. The zero-order valence-electron chi connectivity index (χ0n) is 11.9. The minimum atomic E-state index is -0.321. The molecule has 0 bridgehead atoms. The summed E-state index contributed by atoms with van der Waals surface area (Å²) in [6.45, 7) is 0. The minimum absolute atomic E-state index is 0.305. The van der Waals surface area contributed by atoms with Gasteiger partial charge in [-0.25, -0.2) is 19.9 Å². The first-order valence-corrected chi connectivity index (χ1v) is 8.87. The molecule has 1 amide bonds. The van der Waals surface area contributed by atoms with Crippen molar-refractivity contribution in [3.05, 3.63) is 52.8 Å². The highest BCUT2D eigenvalue weighted by Crippen LogP contribution is 2.29. The monoisotopic (exact) mass is 373 g/mol. The van der Waals surface area contributed by atoms with Crippen LogP contribution in [-0.2, 0) is 0 Å². The first-order chi connectivity index (χ1) is 11.7. The van der Waals surface area contributed by atoms with Gasteiger partial charge in [0.1, 0.15) is 5.69 Å². The van der Waals surface area contributed by atoms with Crippen molar-refractivity contribution in [2.45, 2.75) is 0 Å². The number of thiazole rings is 2. The van der Waals surface area contributed by atoms with Gasteiger partial charge in [-0.2, -0.15) is 0 Å². The Labute approximate surface area is 149 Å². The molecule has 0 saturated carbocycles. The summed E-state index contributed by atoms with van der Waals surface area (Å²) >= 11 is 8.64. The Balaban J connectivity index is 1.56. The summed E-state index contributed by atoms with van der Waals surface area (Å²) in [5.41, 5.74) is 1.09. The van der Waals surface area contributed by atoms with Crippen LogP contribution in [0.1, 0.15) is 10.5 Å². The van der Waals surface area contributed by atoms with Gasteiger partial charge in [0.25, 0.3) is 5.91 Å². The fourth-order valence-electron chi connectivity index (χ4n) is 2.00. The van der Waals surface area contributed by atoms with E-state index in [4.69, 9.17) is 11.6 Å². The number of amides is 1. The summed E-state index contributed by atoms with van der Waals surface area (Å²) in [4.78, 5) is 29.2. The number of halogens is 1. The van der Waals surface area contributed by atoms with Crippen molar-refractivity contribution in [3.63, 3.8) is 0 Å². The third kappa shape index (κ3) is 2.99. The number of hydrogen-bond donors (Lipinski definition) is 1. The van der Waals surface area contributed by atoms with Crippen molar-refractivity contribution in [1.29, 1.82) is 0 Å². The zero-order chi connectivity index (χ0) is 16.5. The van der Waals surface area contributed by atoms with Gasteiger partial charge in [0.05, 0.1) is 10.2 Å². The first-order valence-electron chi connectivity index (χ1n) is 6.79. The Kier molecular flexibility index (Phi) is 3.93. The van der Waals surface area contributed by atoms with Crippen molar-refractivity contribution >= 4 is 55.5 Å². The summed E-state index contributed by atoms with van der Waals surface area (Å²) in [6.07, 6.45) is 3.27. The van der Waals surface area contributed by atoms with Crippen molar-refractivity contribution < 1.29 is 4.79 Å². The molecule has 3 aromatic heterocycles. The number of benzene rings is 1. The maximum atomic E-state index is 12.3. The second-order valence-corrected chi connectivity index (χ2v) is 7.02. The van der Waals surface area contributed by atoms with Gasteiger partial charge in [0, 0.05) is 22.8 Å². The van der Waals surface area contributed by atoms with Gasteiger partial charge in [0.15, 0.2) is 16.0 Å². The van der Waals surface area contributed by atoms with Crippen LogP contribution in [-0.4, -0.2) is 25.8 Å². The second kappa shape index (κ2) is 6.23. The highest BCUT2D eigenvalue weighted by atomic mass is 35.5. The smallest absolute Gasteiger partial charge is 0.276 e. The molecule has 9 heteroatoms. The molecule has 1 N–H and O–H groups in total. The molecule has 1 aromatic carbocycles. The molecule has 4 aromatic rings. The molecule has 0 saturated heterocycles. The Morgan fingerprint density at radius 2 is 2.00 bits per heavy atom. The first kappa shape index (κ1) is 15.1. The van der Waals surface area contributed by atoms with Crippen LogP contribution in [0.3, 0.4) is 0 Å². The Morgan fingerprint density at radius 3 is 2.83 bits per heavy atom. The lowest BCUT2D eigenvalue weighted by Gasteiger charge is -1.97. The van der Waals surface area contributed by atoms with Gasteiger partial charge in [-0.05, 0) is 24.3 Å². The van der Waals surface area contributed by atoms with Crippen LogP contribution < -0.4 is 5.32 Å². The normalized spacial score (nSPS) is 10.9. The number of rotatable bonds is 3. The SMILES string of the molecule is O=C(Nc1nc2ccc(Cl)cc2s1)c1csc(-c2ncccn2)n1. The van der Waals surface area contributed by atoms with Crippen LogP contribution in [0.4, 0.5) is 5.13 Å². The zero-order valence-corrected chi connectivity index (χ0v) is 14.3. The van der Waals surface area contributed by atoms with E-state index in [1.807, 2.05) is 12.1 Å². The molecule has 0 aliphatic rings. The molecule has 118 valence electrons. The minimum Gasteiger partial charge on any atom is -0.296 e. The van der Waals surface area contributed by atoms with Gasteiger partial charge in [-0.3, -0.25) is 10.1 Å². The third-order valence-corrected chi connectivity index (χ3v) is 5.07. The third-order valence-electron chi connectivity index (χ3n) is 3.06. The van der Waals surface area contributed by atoms with Crippen LogP contribution in [0.25, 0.3) is 21.0 Å². The van der Waals surface area contributed by atoms with E-state index in [9.17, 15) is 4.79 Å². The maximum Gasteiger partial charge on any atom is 0.276 e. The van der Waals surface area contributed by atoms with Gasteiger partial charge in [-0.1, -0.05) is 22.9 Å². The largest absolute Gasteiger partial charge is 0.296 e. The lowest BCUT2D eigenvalue weighted by molar-refractivity contribution is 0.102. The number of aromatic nitrogens is 4. The number of nitrogens with zero attached hydrogens (tertiary/aromatic N) is 4. The van der Waals surface area contributed by atoms with E-state index in [1.54, 1.807) is 29.9 Å². The summed E-state index contributed by atoms with van der Waals surface area (Å²) < 4.78 is 0.912. The maximum absolute atomic E-state index is 12.3. The van der Waals surface area contributed by atoms with Crippen LogP contribution in [0.2, 0.25) is 5.02 Å².